The summed E-state index contributed by atoms with van der Waals surface area (Å²) in [6.07, 6.45) is 5.63. The second kappa shape index (κ2) is 7.20. The van der Waals surface area contributed by atoms with Gasteiger partial charge >= 0.3 is 0 Å². The van der Waals surface area contributed by atoms with Crippen LogP contribution >= 0.6 is 11.6 Å². The largest absolute Gasteiger partial charge is 0.368 e. The quantitative estimate of drug-likeness (QED) is 0.642. The lowest BCUT2D eigenvalue weighted by Gasteiger charge is -2.08. The third kappa shape index (κ3) is 4.03. The molecule has 3 N–H and O–H groups in total. The van der Waals surface area contributed by atoms with Gasteiger partial charge in [-0.15, -0.1) is 0 Å². The molecule has 104 valence electrons. The van der Waals surface area contributed by atoms with Crippen molar-refractivity contribution < 1.29 is 4.79 Å². The minimum atomic E-state index is -0.360. The monoisotopic (exact) mass is 291 g/mol. The normalized spacial score (nSPS) is 11.9. The van der Waals surface area contributed by atoms with Crippen molar-refractivity contribution in [3.8, 4) is 0 Å². The summed E-state index contributed by atoms with van der Waals surface area (Å²) in [4.78, 5) is 23.2. The fourth-order valence-corrected chi connectivity index (χ4v) is 1.38. The number of aromatic nitrogens is 2. The Bertz CT molecular complexity index is 607. The summed E-state index contributed by atoms with van der Waals surface area (Å²) in [5, 5.41) is 2.85. The zero-order chi connectivity index (χ0) is 15.1. The van der Waals surface area contributed by atoms with Gasteiger partial charge in [-0.25, -0.2) is 9.98 Å². The highest BCUT2D eigenvalue weighted by Crippen LogP contribution is 2.22. The summed E-state index contributed by atoms with van der Waals surface area (Å²) >= 11 is 5.93. The van der Waals surface area contributed by atoms with Crippen LogP contribution in [0.1, 0.15) is 6.92 Å². The van der Waals surface area contributed by atoms with E-state index >= 15 is 0 Å². The van der Waals surface area contributed by atoms with Crippen LogP contribution in [0.15, 0.2) is 48.3 Å². The molecular weight excluding hydrogens is 278 g/mol. The highest BCUT2D eigenvalue weighted by molar-refractivity contribution is 6.32. The third-order valence-corrected chi connectivity index (χ3v) is 2.44. The van der Waals surface area contributed by atoms with Crippen molar-refractivity contribution in [2.45, 2.75) is 6.92 Å². The van der Waals surface area contributed by atoms with E-state index in [0.717, 1.165) is 6.08 Å². The van der Waals surface area contributed by atoms with Gasteiger partial charge in [0, 0.05) is 0 Å². The molecule has 0 atom stereocenters. The van der Waals surface area contributed by atoms with E-state index in [1.54, 1.807) is 13.0 Å². The minimum Gasteiger partial charge on any atom is -0.368 e. The molecule has 1 heterocycles. The van der Waals surface area contributed by atoms with Gasteiger partial charge in [0.2, 0.25) is 11.9 Å². The van der Waals surface area contributed by atoms with Gasteiger partial charge in [-0.2, -0.15) is 4.98 Å². The van der Waals surface area contributed by atoms with Crippen LogP contribution in [-0.2, 0) is 4.79 Å². The van der Waals surface area contributed by atoms with E-state index in [1.807, 2.05) is 0 Å². The molecule has 20 heavy (non-hydrogen) atoms. The Morgan fingerprint density at radius 3 is 2.75 bits per heavy atom. The van der Waals surface area contributed by atoms with Crippen molar-refractivity contribution in [1.29, 1.82) is 0 Å². The van der Waals surface area contributed by atoms with Gasteiger partial charge in [0.25, 0.3) is 0 Å². The van der Waals surface area contributed by atoms with E-state index in [1.165, 1.54) is 12.3 Å². The fourth-order valence-electron chi connectivity index (χ4n) is 1.25. The fraction of sp³-hybridized carbons (Fsp3) is 0.0769. The Labute approximate surface area is 121 Å². The molecule has 0 unspecified atom stereocenters. The lowest BCUT2D eigenvalue weighted by atomic mass is 10.2. The van der Waals surface area contributed by atoms with E-state index in [4.69, 9.17) is 17.3 Å². The molecule has 0 fully saturated rings. The highest BCUT2D eigenvalue weighted by Gasteiger charge is 2.08. The van der Waals surface area contributed by atoms with Gasteiger partial charge in [-0.1, -0.05) is 30.8 Å². The zero-order valence-corrected chi connectivity index (χ0v) is 11.7. The first-order valence-corrected chi connectivity index (χ1v) is 5.98. The lowest BCUT2D eigenvalue weighted by Crippen LogP contribution is -2.24. The number of aliphatic imine (C=N–C) groups is 1. The van der Waals surface area contributed by atoms with Crippen LogP contribution < -0.4 is 11.1 Å². The molecule has 6 nitrogen and oxygen atoms in total. The molecule has 0 radical (unpaired) electrons. The number of nitrogens with one attached hydrogen (secondary N) is 1. The molecule has 7 heteroatoms. The number of nitrogen functional groups attached to an aromatic ring is 1. The van der Waals surface area contributed by atoms with Crippen molar-refractivity contribution in [3.05, 3.63) is 48.3 Å². The number of nitrogens with zero attached hydrogens (tertiary/aromatic N) is 3. The van der Waals surface area contributed by atoms with E-state index < -0.39 is 0 Å². The Hall–Kier alpha value is -2.47. The zero-order valence-electron chi connectivity index (χ0n) is 10.9. The van der Waals surface area contributed by atoms with Gasteiger partial charge in [0.05, 0.1) is 17.6 Å². The summed E-state index contributed by atoms with van der Waals surface area (Å²) < 4.78 is 0. The Morgan fingerprint density at radius 2 is 2.20 bits per heavy atom. The second-order valence-corrected chi connectivity index (χ2v) is 3.90. The molecule has 0 saturated heterocycles. The van der Waals surface area contributed by atoms with E-state index in [-0.39, 0.29) is 22.7 Å². The smallest absolute Gasteiger partial charge is 0.247 e. The van der Waals surface area contributed by atoms with Gasteiger partial charge in [-0.05, 0) is 19.1 Å². The van der Waals surface area contributed by atoms with Gasteiger partial charge in [-0.3, -0.25) is 4.79 Å². The first-order valence-electron chi connectivity index (χ1n) is 5.61. The first kappa shape index (κ1) is 15.6. The molecule has 0 aromatic carbocycles. The van der Waals surface area contributed by atoms with Crippen LogP contribution in [0.3, 0.4) is 0 Å². The molecule has 0 aliphatic rings. The predicted octanol–water partition coefficient (Wildman–Crippen LogP) is 2.18. The Morgan fingerprint density at radius 1 is 1.50 bits per heavy atom. The summed E-state index contributed by atoms with van der Waals surface area (Å²) in [5.41, 5.74) is 6.33. The summed E-state index contributed by atoms with van der Waals surface area (Å²) in [6, 6.07) is 0. The van der Waals surface area contributed by atoms with Crippen LogP contribution in [0.25, 0.3) is 0 Å². The van der Waals surface area contributed by atoms with E-state index in [0.29, 0.717) is 11.4 Å². The van der Waals surface area contributed by atoms with Crippen LogP contribution in [0.2, 0.25) is 5.02 Å². The van der Waals surface area contributed by atoms with Gasteiger partial charge in [0.15, 0.2) is 5.82 Å². The summed E-state index contributed by atoms with van der Waals surface area (Å²) in [6.45, 7) is 8.77. The molecule has 0 spiro atoms. The molecule has 1 aromatic rings. The van der Waals surface area contributed by atoms with Crippen molar-refractivity contribution in [2.24, 2.45) is 4.99 Å². The van der Waals surface area contributed by atoms with Crippen LogP contribution in [0, 0.1) is 0 Å². The number of allylic oxidation sites excluding steroid dienone is 2. The van der Waals surface area contributed by atoms with Crippen molar-refractivity contribution in [3.63, 3.8) is 0 Å². The number of rotatable bonds is 5. The summed E-state index contributed by atoms with van der Waals surface area (Å²) in [5.74, 6) is -0.115. The standard InChI is InChI=1S/C13H14ClN5O/c1-4-9(17-11(20)6-3)10(5-2)18-12-8(14)7-16-13(15)19-12/h4-7H,2-3H2,1H3,(H,17,20)(H2,15,16,19)/b9-4+,18-10?. The maximum atomic E-state index is 11.3. The number of nitrogens with two attached hydrogens (primary N) is 1. The molecule has 1 aromatic heterocycles. The highest BCUT2D eigenvalue weighted by atomic mass is 35.5. The average molecular weight is 292 g/mol. The van der Waals surface area contributed by atoms with Gasteiger partial charge in [0.1, 0.15) is 5.02 Å². The molecule has 0 aliphatic heterocycles. The molecule has 0 saturated carbocycles. The van der Waals surface area contributed by atoms with Crippen LogP contribution in [0.4, 0.5) is 11.8 Å². The number of carbonyl (C=O) groups is 1. The molecule has 1 rings (SSSR count). The number of carbonyl (C=O) groups excluding carboxylic acids is 1. The number of hydrogen-bond acceptors (Lipinski definition) is 5. The van der Waals surface area contributed by atoms with Crippen LogP contribution in [0.5, 0.6) is 0 Å². The molecule has 1 amide bonds. The molecule has 0 bridgehead atoms. The topological polar surface area (TPSA) is 93.3 Å². The van der Waals surface area contributed by atoms with Crippen molar-refractivity contribution >= 4 is 35.0 Å². The maximum Gasteiger partial charge on any atom is 0.247 e. The van der Waals surface area contributed by atoms with E-state index in [2.05, 4.69) is 33.4 Å². The van der Waals surface area contributed by atoms with Gasteiger partial charge < -0.3 is 11.1 Å². The predicted molar refractivity (Wildman–Crippen MR) is 80.8 cm³/mol. The molecular formula is C13H14ClN5O. The minimum absolute atomic E-state index is 0.0497. The molecule has 0 aliphatic carbocycles. The first-order chi connectivity index (χ1) is 9.51. The van der Waals surface area contributed by atoms with Crippen molar-refractivity contribution in [2.75, 3.05) is 5.73 Å². The second-order valence-electron chi connectivity index (χ2n) is 3.50. The summed E-state index contributed by atoms with van der Waals surface area (Å²) in [7, 11) is 0. The Kier molecular flexibility index (Phi) is 5.61. The maximum absolute atomic E-state index is 11.3. The number of anilines is 1. The number of halogens is 1. The lowest BCUT2D eigenvalue weighted by molar-refractivity contribution is -0.115. The Balaban J connectivity index is 3.19. The van der Waals surface area contributed by atoms with E-state index in [9.17, 15) is 4.79 Å². The third-order valence-electron chi connectivity index (χ3n) is 2.17. The average Bonchev–Trinajstić information content (AvgIpc) is 2.45. The SMILES string of the molecule is C=CC(=O)N/C(=C/C)C(C=C)=Nc1nc(N)ncc1Cl. The van der Waals surface area contributed by atoms with Crippen LogP contribution in [-0.4, -0.2) is 21.6 Å². The number of amides is 1. The number of hydrogen-bond donors (Lipinski definition) is 2. The van der Waals surface area contributed by atoms with Crippen molar-refractivity contribution in [1.82, 2.24) is 15.3 Å².